The Kier molecular flexibility index (Phi) is 6.43. The fraction of sp³-hybridized carbons (Fsp3) is 0.812. The van der Waals surface area contributed by atoms with Crippen molar-refractivity contribution in [2.24, 2.45) is 0 Å². The molecule has 0 amide bonds. The number of ether oxygens (including phenoxy) is 1. The van der Waals surface area contributed by atoms with Crippen molar-refractivity contribution in [3.63, 3.8) is 0 Å². The van der Waals surface area contributed by atoms with Gasteiger partial charge in [0.15, 0.2) is 0 Å². The highest BCUT2D eigenvalue weighted by atomic mass is 16.6. The van der Waals surface area contributed by atoms with Crippen LogP contribution in [-0.4, -0.2) is 64.5 Å². The van der Waals surface area contributed by atoms with E-state index in [4.69, 9.17) is 9.39 Å². The van der Waals surface area contributed by atoms with Gasteiger partial charge < -0.3 is 19.5 Å². The van der Waals surface area contributed by atoms with E-state index in [9.17, 15) is 14.9 Å². The Labute approximate surface area is 139 Å². The van der Waals surface area contributed by atoms with Gasteiger partial charge in [-0.2, -0.15) is 0 Å². The van der Waals surface area contributed by atoms with Crippen LogP contribution in [0.15, 0.2) is 12.2 Å². The Hall–Kier alpha value is -0.885. The van der Waals surface area contributed by atoms with E-state index in [1.807, 2.05) is 0 Å². The summed E-state index contributed by atoms with van der Waals surface area (Å²) in [5.41, 5.74) is -3.07. The summed E-state index contributed by atoms with van der Waals surface area (Å²) in [4.78, 5) is 14.3. The summed E-state index contributed by atoms with van der Waals surface area (Å²) >= 11 is 0. The van der Waals surface area contributed by atoms with Gasteiger partial charge in [0.2, 0.25) is 0 Å². The average Bonchev–Trinajstić information content (AvgIpc) is 2.36. The molecule has 2 N–H and O–H groups in total. The average molecular weight is 327 g/mol. The van der Waals surface area contributed by atoms with E-state index in [1.54, 1.807) is 41.5 Å². The zero-order chi connectivity index (χ0) is 17.9. The van der Waals surface area contributed by atoms with Gasteiger partial charge in [0.1, 0.15) is 5.60 Å². The SMILES string of the molecule is CC(C)(CN1CC=CCC1)OC(=O)B(O)OC(C)(C)C(C)(C)O. The Bertz CT molecular complexity index is 442. The first-order chi connectivity index (χ1) is 10.3. The molecule has 0 atom stereocenters. The molecule has 0 radical (unpaired) electrons. The third-order valence-corrected chi connectivity index (χ3v) is 4.20. The van der Waals surface area contributed by atoms with Crippen LogP contribution < -0.4 is 0 Å². The molecule has 23 heavy (non-hydrogen) atoms. The van der Waals surface area contributed by atoms with Crippen molar-refractivity contribution in [3.05, 3.63) is 12.2 Å². The molecule has 0 aromatic carbocycles. The van der Waals surface area contributed by atoms with E-state index in [1.165, 1.54) is 0 Å². The van der Waals surface area contributed by atoms with Gasteiger partial charge in [-0.3, -0.25) is 9.69 Å². The van der Waals surface area contributed by atoms with Gasteiger partial charge in [0.25, 0.3) is 0 Å². The van der Waals surface area contributed by atoms with E-state index in [2.05, 4.69) is 17.1 Å². The molecule has 0 bridgehead atoms. The van der Waals surface area contributed by atoms with Crippen molar-refractivity contribution in [1.82, 2.24) is 4.90 Å². The maximum absolute atomic E-state index is 12.1. The number of aliphatic hydroxyl groups is 1. The topological polar surface area (TPSA) is 79.2 Å². The standard InChI is InChI=1S/C16H30BNO5/c1-14(2,12-18-10-8-7-9-11-18)22-13(19)17(21)23-16(5,6)15(3,4)20/h7-8,20-21H,9-12H2,1-6H3. The largest absolute Gasteiger partial charge is 0.582 e. The lowest BCUT2D eigenvalue weighted by Crippen LogP contribution is -2.53. The van der Waals surface area contributed by atoms with Gasteiger partial charge in [-0.25, -0.2) is 0 Å². The lowest BCUT2D eigenvalue weighted by molar-refractivity contribution is -0.100. The molecule has 1 heterocycles. The summed E-state index contributed by atoms with van der Waals surface area (Å²) < 4.78 is 10.7. The molecule has 0 saturated heterocycles. The van der Waals surface area contributed by atoms with Crippen LogP contribution in [-0.2, 0) is 9.39 Å². The lowest BCUT2D eigenvalue weighted by Gasteiger charge is -2.38. The van der Waals surface area contributed by atoms with Crippen LogP contribution in [0.5, 0.6) is 0 Å². The quantitative estimate of drug-likeness (QED) is 0.548. The zero-order valence-electron chi connectivity index (χ0n) is 15.1. The second-order valence-electron chi connectivity index (χ2n) is 7.72. The van der Waals surface area contributed by atoms with E-state index in [0.717, 1.165) is 19.5 Å². The van der Waals surface area contributed by atoms with Crippen molar-refractivity contribution in [2.75, 3.05) is 19.6 Å². The van der Waals surface area contributed by atoms with Crippen LogP contribution in [0.4, 0.5) is 4.79 Å². The molecule has 0 aromatic heterocycles. The zero-order valence-corrected chi connectivity index (χ0v) is 15.1. The normalized spacial score (nSPS) is 17.2. The minimum absolute atomic E-state index is 0.574. The van der Waals surface area contributed by atoms with Crippen LogP contribution in [0, 0.1) is 0 Å². The Balaban J connectivity index is 2.57. The number of carbonyl (C=O) groups excluding carboxylic acids is 1. The minimum atomic E-state index is -1.74. The summed E-state index contributed by atoms with van der Waals surface area (Å²) in [6.07, 6.45) is 5.20. The summed E-state index contributed by atoms with van der Waals surface area (Å²) in [6.45, 7) is 12.2. The molecule has 7 heteroatoms. The monoisotopic (exact) mass is 327 g/mol. The maximum Gasteiger partial charge on any atom is 0.582 e. The minimum Gasteiger partial charge on any atom is -0.461 e. The predicted octanol–water partition coefficient (Wildman–Crippen LogP) is 1.79. The van der Waals surface area contributed by atoms with Crippen molar-refractivity contribution in [2.45, 2.75) is 64.8 Å². The van der Waals surface area contributed by atoms with Gasteiger partial charge in [-0.1, -0.05) is 12.2 Å². The highest BCUT2D eigenvalue weighted by Gasteiger charge is 2.43. The van der Waals surface area contributed by atoms with Gasteiger partial charge >= 0.3 is 13.0 Å². The second-order valence-corrected chi connectivity index (χ2v) is 7.72. The highest BCUT2D eigenvalue weighted by molar-refractivity contribution is 6.77. The van der Waals surface area contributed by atoms with Crippen molar-refractivity contribution < 1.29 is 24.3 Å². The van der Waals surface area contributed by atoms with E-state index in [0.29, 0.717) is 6.54 Å². The van der Waals surface area contributed by atoms with Gasteiger partial charge in [0, 0.05) is 19.6 Å². The predicted molar refractivity (Wildman–Crippen MR) is 90.2 cm³/mol. The third kappa shape index (κ3) is 6.26. The van der Waals surface area contributed by atoms with Gasteiger partial charge in [-0.15, -0.1) is 0 Å². The number of nitrogens with zero attached hydrogens (tertiary/aromatic N) is 1. The van der Waals surface area contributed by atoms with Gasteiger partial charge in [0.05, 0.1) is 11.2 Å². The molecule has 0 fully saturated rings. The molecule has 0 saturated carbocycles. The van der Waals surface area contributed by atoms with E-state index in [-0.39, 0.29) is 0 Å². The molecule has 0 aromatic rings. The second kappa shape index (κ2) is 7.34. The van der Waals surface area contributed by atoms with Crippen LogP contribution in [0.3, 0.4) is 0 Å². The van der Waals surface area contributed by atoms with E-state index < -0.39 is 29.8 Å². The number of hydrogen-bond acceptors (Lipinski definition) is 6. The highest BCUT2D eigenvalue weighted by Crippen LogP contribution is 2.26. The summed E-state index contributed by atoms with van der Waals surface area (Å²) in [7, 11) is -1.74. The van der Waals surface area contributed by atoms with Crippen LogP contribution in [0.1, 0.15) is 48.0 Å². The van der Waals surface area contributed by atoms with Crippen LogP contribution in [0.25, 0.3) is 0 Å². The molecule has 0 aliphatic carbocycles. The summed E-state index contributed by atoms with van der Waals surface area (Å²) in [6, 6.07) is 0. The summed E-state index contributed by atoms with van der Waals surface area (Å²) in [5.74, 6) is -0.847. The van der Waals surface area contributed by atoms with Crippen LogP contribution >= 0.6 is 0 Å². The third-order valence-electron chi connectivity index (χ3n) is 4.20. The molecule has 0 spiro atoms. The Morgan fingerprint density at radius 1 is 1.22 bits per heavy atom. The number of rotatable bonds is 7. The Morgan fingerprint density at radius 3 is 2.30 bits per heavy atom. The first-order valence-corrected chi connectivity index (χ1v) is 8.02. The molecule has 1 aliphatic rings. The molecule has 132 valence electrons. The summed E-state index contributed by atoms with van der Waals surface area (Å²) in [5, 5.41) is 20.0. The first-order valence-electron chi connectivity index (χ1n) is 8.02. The van der Waals surface area contributed by atoms with Crippen molar-refractivity contribution in [1.29, 1.82) is 0 Å². The molecular formula is C16H30BNO5. The lowest BCUT2D eigenvalue weighted by atomic mass is 9.83. The first kappa shape index (κ1) is 20.2. The number of carbonyl (C=O) groups is 1. The van der Waals surface area contributed by atoms with Gasteiger partial charge in [-0.05, 0) is 48.0 Å². The smallest absolute Gasteiger partial charge is 0.461 e. The molecule has 0 unspecified atom stereocenters. The van der Waals surface area contributed by atoms with Crippen molar-refractivity contribution >= 4 is 13.0 Å². The van der Waals surface area contributed by atoms with E-state index >= 15 is 0 Å². The maximum atomic E-state index is 12.1. The molecular weight excluding hydrogens is 297 g/mol. The van der Waals surface area contributed by atoms with Crippen molar-refractivity contribution in [3.8, 4) is 0 Å². The Morgan fingerprint density at radius 2 is 1.83 bits per heavy atom. The number of hydrogen-bond donors (Lipinski definition) is 2. The van der Waals surface area contributed by atoms with Crippen LogP contribution in [0.2, 0.25) is 0 Å². The molecule has 1 aliphatic heterocycles. The fourth-order valence-corrected chi connectivity index (χ4v) is 2.20. The fourth-order valence-electron chi connectivity index (χ4n) is 2.20. The molecule has 6 nitrogen and oxygen atoms in total. The molecule has 1 rings (SSSR count).